The quantitative estimate of drug-likeness (QED) is 0.102. The van der Waals surface area contributed by atoms with Crippen LogP contribution in [-0.4, -0.2) is 90.9 Å². The summed E-state index contributed by atoms with van der Waals surface area (Å²) in [5.41, 5.74) is 2.47. The van der Waals surface area contributed by atoms with Gasteiger partial charge in [-0.25, -0.2) is 0 Å². The van der Waals surface area contributed by atoms with Crippen molar-refractivity contribution in [2.45, 2.75) is 88.7 Å². The number of aliphatic hydroxyl groups excluding tert-OH is 2. The molecule has 1 fully saturated rings. The Labute approximate surface area is 283 Å². The number of unbranched alkanes of at least 4 members (excludes halogenated alkanes) is 6. The predicted molar refractivity (Wildman–Crippen MR) is 177 cm³/mol. The van der Waals surface area contributed by atoms with Gasteiger partial charge in [-0.3, -0.25) is 19.2 Å². The summed E-state index contributed by atoms with van der Waals surface area (Å²) >= 11 is 0. The van der Waals surface area contributed by atoms with Crippen LogP contribution in [0.1, 0.15) is 96.1 Å². The van der Waals surface area contributed by atoms with Gasteiger partial charge in [0.25, 0.3) is 0 Å². The molecule has 0 bridgehead atoms. The molecule has 11 nitrogen and oxygen atoms in total. The maximum atomic E-state index is 13.6. The van der Waals surface area contributed by atoms with Crippen LogP contribution in [-0.2, 0) is 14.3 Å². The molecule has 3 atom stereocenters. The zero-order valence-corrected chi connectivity index (χ0v) is 27.4. The lowest BCUT2D eigenvalue weighted by Gasteiger charge is -2.23. The fraction of sp³-hybridized carbons (Fsp3) is 0.543. The summed E-state index contributed by atoms with van der Waals surface area (Å²) in [7, 11) is 0. The minimum absolute atomic E-state index is 0.0503. The van der Waals surface area contributed by atoms with Gasteiger partial charge in [-0.2, -0.15) is 13.2 Å². The summed E-state index contributed by atoms with van der Waals surface area (Å²) in [6.45, 7) is 1.30. The third-order valence-corrected chi connectivity index (χ3v) is 8.67. The molecule has 1 saturated heterocycles. The molecule has 14 heteroatoms. The van der Waals surface area contributed by atoms with Crippen molar-refractivity contribution in [3.8, 4) is 0 Å². The number of alkyl halides is 3. The number of aliphatic hydroxyl groups is 2. The first-order chi connectivity index (χ1) is 23.5. The molecule has 6 N–H and O–H groups in total. The molecule has 1 heterocycles. The van der Waals surface area contributed by atoms with Gasteiger partial charge in [0, 0.05) is 55.1 Å². The molecule has 0 aromatic heterocycles. The molecule has 2 aromatic carbocycles. The van der Waals surface area contributed by atoms with E-state index in [-0.39, 0.29) is 37.0 Å². The number of anilines is 2. The third-order valence-electron chi connectivity index (χ3n) is 8.67. The number of hydrogen-bond donors (Lipinski definition) is 6. The number of benzene rings is 2. The van der Waals surface area contributed by atoms with Crippen LogP contribution in [0.4, 0.5) is 24.5 Å². The van der Waals surface area contributed by atoms with Gasteiger partial charge in [-0.15, -0.1) is 0 Å². The Hall–Kier alpha value is -4.01. The van der Waals surface area contributed by atoms with Crippen LogP contribution in [0.5, 0.6) is 0 Å². The highest BCUT2D eigenvalue weighted by Gasteiger charge is 2.38. The highest BCUT2D eigenvalue weighted by molar-refractivity contribution is 6.31. The fourth-order valence-electron chi connectivity index (χ4n) is 6.11. The van der Waals surface area contributed by atoms with Crippen LogP contribution in [0, 0.1) is 0 Å². The largest absolute Gasteiger partial charge is 0.471 e. The molecular formula is C35H45F3N4O7. The minimum Gasteiger partial charge on any atom is -0.394 e. The lowest BCUT2D eigenvalue weighted by Crippen LogP contribution is -2.37. The molecule has 2 amide bonds. The molecule has 0 saturated carbocycles. The number of carbonyl (C=O) groups is 4. The van der Waals surface area contributed by atoms with E-state index in [1.54, 1.807) is 36.4 Å². The van der Waals surface area contributed by atoms with E-state index in [0.717, 1.165) is 25.7 Å². The third kappa shape index (κ3) is 10.5. The minimum atomic E-state index is -4.88. The second-order valence-corrected chi connectivity index (χ2v) is 12.4. The fourth-order valence-corrected chi connectivity index (χ4v) is 6.11. The van der Waals surface area contributed by atoms with Crippen molar-refractivity contribution in [1.29, 1.82) is 0 Å². The zero-order valence-electron chi connectivity index (χ0n) is 27.4. The molecule has 1 aliphatic carbocycles. The highest BCUT2D eigenvalue weighted by Crippen LogP contribution is 2.35. The predicted octanol–water partition coefficient (Wildman–Crippen LogP) is 4.10. The topological polar surface area (TPSA) is 166 Å². The second kappa shape index (κ2) is 18.1. The molecule has 2 aliphatic rings. The van der Waals surface area contributed by atoms with Gasteiger partial charge in [0.2, 0.25) is 5.91 Å². The van der Waals surface area contributed by atoms with Gasteiger partial charge in [0.15, 0.2) is 11.6 Å². The number of amides is 2. The van der Waals surface area contributed by atoms with Crippen LogP contribution in [0.2, 0.25) is 0 Å². The van der Waals surface area contributed by atoms with Crippen molar-refractivity contribution in [3.05, 3.63) is 58.7 Å². The van der Waals surface area contributed by atoms with E-state index in [2.05, 4.69) is 16.0 Å². The first-order valence-electron chi connectivity index (χ1n) is 16.9. The zero-order chi connectivity index (χ0) is 35.4. The number of halogens is 3. The Bertz CT molecular complexity index is 1470. The summed E-state index contributed by atoms with van der Waals surface area (Å²) in [4.78, 5) is 50.3. The molecule has 268 valence electrons. The second-order valence-electron chi connectivity index (χ2n) is 12.4. The molecule has 1 aliphatic heterocycles. The van der Waals surface area contributed by atoms with Gasteiger partial charge in [-0.05, 0) is 37.8 Å². The molecule has 0 radical (unpaired) electrons. The van der Waals surface area contributed by atoms with Crippen molar-refractivity contribution in [1.82, 2.24) is 10.6 Å². The van der Waals surface area contributed by atoms with Crippen LogP contribution in [0.3, 0.4) is 0 Å². The lowest BCUT2D eigenvalue weighted by atomic mass is 9.82. The summed E-state index contributed by atoms with van der Waals surface area (Å²) in [5, 5.41) is 30.2. The first kappa shape index (κ1) is 37.8. The highest BCUT2D eigenvalue weighted by atomic mass is 19.4. The van der Waals surface area contributed by atoms with Gasteiger partial charge in [0.05, 0.1) is 36.4 Å². The van der Waals surface area contributed by atoms with Crippen LogP contribution < -0.4 is 21.3 Å². The average molecular weight is 691 g/mol. The summed E-state index contributed by atoms with van der Waals surface area (Å²) in [6, 6.07) is 10.3. The summed E-state index contributed by atoms with van der Waals surface area (Å²) in [6.07, 6.45) is -0.342. The number of ether oxygens (including phenoxy) is 1. The van der Waals surface area contributed by atoms with Crippen LogP contribution in [0.15, 0.2) is 36.4 Å². The average Bonchev–Trinajstić information content (AvgIpc) is 3.43. The Kier molecular flexibility index (Phi) is 14.0. The van der Waals surface area contributed by atoms with E-state index < -0.39 is 30.4 Å². The molecule has 0 spiro atoms. The number of nitrogens with one attached hydrogen (secondary N) is 4. The van der Waals surface area contributed by atoms with Gasteiger partial charge >= 0.3 is 12.1 Å². The van der Waals surface area contributed by atoms with Crippen molar-refractivity contribution < 1.29 is 47.3 Å². The Balaban J connectivity index is 1.17. The van der Waals surface area contributed by atoms with Crippen LogP contribution in [0.25, 0.3) is 0 Å². The van der Waals surface area contributed by atoms with E-state index >= 15 is 0 Å². The standard InChI is InChI=1S/C35H45F3N4O7/c36-35(37,38)34(48)42-18-8-4-2-6-16-40-26-14-10-12-24-31(26)33(47)23-11-9-13-25(30(23)32(24)46)39-15-5-1-3-7-17-41-29(45)20-22-19-27(44)28(21-43)49-22/h9-14,22,27-28,39-40,43-44H,1-8,15-21H2,(H,41,45)(H,42,48)/t22-,27+,28-/m1/s1. The normalized spacial score (nSPS) is 18.5. The van der Waals surface area contributed by atoms with Crippen molar-refractivity contribution >= 4 is 34.8 Å². The maximum Gasteiger partial charge on any atom is 0.471 e. The molecule has 2 aromatic rings. The molecular weight excluding hydrogens is 645 g/mol. The van der Waals surface area contributed by atoms with E-state index in [0.29, 0.717) is 85.4 Å². The van der Waals surface area contributed by atoms with Crippen molar-refractivity contribution in [2.75, 3.05) is 43.4 Å². The smallest absolute Gasteiger partial charge is 0.394 e. The maximum absolute atomic E-state index is 13.6. The number of hydrogen-bond acceptors (Lipinski definition) is 9. The monoisotopic (exact) mass is 690 g/mol. The molecule has 49 heavy (non-hydrogen) atoms. The van der Waals surface area contributed by atoms with E-state index in [4.69, 9.17) is 9.84 Å². The molecule has 4 rings (SSSR count). The van der Waals surface area contributed by atoms with Crippen molar-refractivity contribution in [3.63, 3.8) is 0 Å². The summed E-state index contributed by atoms with van der Waals surface area (Å²) in [5.74, 6) is -2.57. The lowest BCUT2D eigenvalue weighted by molar-refractivity contribution is -0.173. The SMILES string of the molecule is O=C(C[C@H]1C[C@H](O)[C@@H](CO)O1)NCCCCCCNc1cccc2c1C(=O)c1cccc(NCCCCCCNC(=O)C(F)(F)F)c1C2=O. The number of ketones is 2. The Morgan fingerprint density at radius 3 is 1.71 bits per heavy atom. The number of rotatable bonds is 19. The van der Waals surface area contributed by atoms with Gasteiger partial charge < -0.3 is 36.2 Å². The van der Waals surface area contributed by atoms with Gasteiger partial charge in [0.1, 0.15) is 6.10 Å². The molecule has 0 unspecified atom stereocenters. The summed E-state index contributed by atoms with van der Waals surface area (Å²) < 4.78 is 42.2. The number of carbonyl (C=O) groups excluding carboxylic acids is 4. The Morgan fingerprint density at radius 2 is 1.24 bits per heavy atom. The Morgan fingerprint density at radius 1 is 0.755 bits per heavy atom. The van der Waals surface area contributed by atoms with Crippen molar-refractivity contribution in [2.24, 2.45) is 0 Å². The number of fused-ring (bicyclic) bond motifs is 2. The van der Waals surface area contributed by atoms with E-state index in [1.165, 1.54) is 0 Å². The first-order valence-corrected chi connectivity index (χ1v) is 16.9. The van der Waals surface area contributed by atoms with Crippen LogP contribution >= 0.6 is 0 Å². The van der Waals surface area contributed by atoms with E-state index in [9.17, 15) is 37.5 Å². The van der Waals surface area contributed by atoms with Gasteiger partial charge in [-0.1, -0.05) is 49.9 Å². The van der Waals surface area contributed by atoms with E-state index in [1.807, 2.05) is 5.32 Å².